The molecule has 2 aromatic rings. The summed E-state index contributed by atoms with van der Waals surface area (Å²) >= 11 is 0. The molecule has 0 N–H and O–H groups in total. The van der Waals surface area contributed by atoms with Gasteiger partial charge in [-0.3, -0.25) is 4.79 Å². The summed E-state index contributed by atoms with van der Waals surface area (Å²) in [5.41, 5.74) is 0.342. The van der Waals surface area contributed by atoms with Gasteiger partial charge in [0.05, 0.1) is 0 Å². The van der Waals surface area contributed by atoms with Gasteiger partial charge in [-0.1, -0.05) is 74.4 Å². The number of carbonyl (C=O) groups is 1. The van der Waals surface area contributed by atoms with Gasteiger partial charge >= 0.3 is 5.97 Å². The number of carbonyl (C=O) groups excluding carboxylic acids is 1. The SMILES string of the molecule is Cl.[2H]C([2H])([2H])C([2H])([2H])C(=O)O[C@@](Cc1ccccc1)(c1ccccc1)[C@@H](C)CN(C)C. The molecule has 0 heterocycles. The van der Waals surface area contributed by atoms with Crippen LogP contribution in [0.5, 0.6) is 0 Å². The van der Waals surface area contributed by atoms with Gasteiger partial charge in [0.25, 0.3) is 0 Å². The quantitative estimate of drug-likeness (QED) is 0.622. The Balaban J connectivity index is 0.00000480. The summed E-state index contributed by atoms with van der Waals surface area (Å²) in [4.78, 5) is 14.9. The highest BCUT2D eigenvalue weighted by molar-refractivity contribution is 5.85. The molecule has 26 heavy (non-hydrogen) atoms. The van der Waals surface area contributed by atoms with Gasteiger partial charge < -0.3 is 9.64 Å². The van der Waals surface area contributed by atoms with Crippen LogP contribution in [0.25, 0.3) is 0 Å². The van der Waals surface area contributed by atoms with E-state index in [1.54, 1.807) is 0 Å². The number of hydrogen-bond donors (Lipinski definition) is 0. The van der Waals surface area contributed by atoms with Crippen molar-refractivity contribution >= 4 is 18.4 Å². The molecule has 0 aromatic heterocycles. The van der Waals surface area contributed by atoms with Crippen molar-refractivity contribution in [3.63, 3.8) is 0 Å². The van der Waals surface area contributed by atoms with E-state index in [-0.39, 0.29) is 24.7 Å². The monoisotopic (exact) mass is 380 g/mol. The summed E-state index contributed by atoms with van der Waals surface area (Å²) in [7, 11) is 3.80. The van der Waals surface area contributed by atoms with Gasteiger partial charge in [-0.05, 0) is 25.2 Å². The second kappa shape index (κ2) is 10.3. The zero-order valence-electron chi connectivity index (χ0n) is 20.4. The fourth-order valence-electron chi connectivity index (χ4n) is 3.26. The molecule has 0 aliphatic heterocycles. The van der Waals surface area contributed by atoms with E-state index in [1.807, 2.05) is 86.6 Å². The maximum absolute atomic E-state index is 12.9. The van der Waals surface area contributed by atoms with E-state index in [0.29, 0.717) is 12.1 Å². The van der Waals surface area contributed by atoms with Gasteiger partial charge in [0.2, 0.25) is 0 Å². The Kier molecular flexibility index (Phi) is 6.06. The van der Waals surface area contributed by atoms with Crippen molar-refractivity contribution in [3.05, 3.63) is 71.8 Å². The summed E-state index contributed by atoms with van der Waals surface area (Å²) in [6.07, 6.45) is -2.84. The van der Waals surface area contributed by atoms with Gasteiger partial charge in [0.1, 0.15) is 5.60 Å². The van der Waals surface area contributed by atoms with E-state index in [0.717, 1.165) is 5.56 Å². The summed E-state index contributed by atoms with van der Waals surface area (Å²) in [6.45, 7) is -0.663. The molecule has 2 aromatic carbocycles. The lowest BCUT2D eigenvalue weighted by Crippen LogP contribution is -2.44. The molecule has 3 nitrogen and oxygen atoms in total. The summed E-state index contributed by atoms with van der Waals surface area (Å²) < 4.78 is 44.1. The lowest BCUT2D eigenvalue weighted by Gasteiger charge is -2.40. The van der Waals surface area contributed by atoms with Crippen molar-refractivity contribution in [1.29, 1.82) is 0 Å². The molecule has 0 fully saturated rings. The van der Waals surface area contributed by atoms with E-state index < -0.39 is 24.8 Å². The zero-order chi connectivity index (χ0) is 22.6. The average molecular weight is 381 g/mol. The fraction of sp³-hybridized carbons (Fsp3) is 0.409. The minimum absolute atomic E-state index is 0. The molecule has 0 amide bonds. The first-order chi connectivity index (χ1) is 13.9. The fourth-order valence-corrected chi connectivity index (χ4v) is 3.26. The van der Waals surface area contributed by atoms with E-state index in [9.17, 15) is 4.79 Å². The predicted octanol–water partition coefficient (Wildman–Crippen LogP) is 4.70. The minimum Gasteiger partial charge on any atom is -0.453 e. The standard InChI is InChI=1S/C22H29NO2.ClH/c1-5-21(24)25-22(18(2)17-23(3)4,20-14-10-7-11-15-20)16-19-12-8-6-9-13-19;/h6-15,18H,5,16-17H2,1-4H3;1H/t18-,22+;/m0./s1/i1D3,5D2;. The van der Waals surface area contributed by atoms with E-state index in [4.69, 9.17) is 11.6 Å². The number of esters is 1. The van der Waals surface area contributed by atoms with E-state index in [2.05, 4.69) is 0 Å². The van der Waals surface area contributed by atoms with Gasteiger partial charge in [0, 0.05) is 32.1 Å². The maximum atomic E-state index is 12.9. The Labute approximate surface area is 170 Å². The molecule has 0 saturated heterocycles. The van der Waals surface area contributed by atoms with Crippen molar-refractivity contribution in [2.45, 2.75) is 32.2 Å². The summed E-state index contributed by atoms with van der Waals surface area (Å²) in [6, 6.07) is 18.6. The molecule has 0 saturated carbocycles. The van der Waals surface area contributed by atoms with Gasteiger partial charge in [-0.15, -0.1) is 12.4 Å². The Bertz CT molecular complexity index is 831. The highest BCUT2D eigenvalue weighted by atomic mass is 35.5. The second-order valence-electron chi connectivity index (χ2n) is 6.60. The van der Waals surface area contributed by atoms with Crippen molar-refractivity contribution in [3.8, 4) is 0 Å². The predicted molar refractivity (Wildman–Crippen MR) is 110 cm³/mol. The van der Waals surface area contributed by atoms with Crippen LogP contribution in [0.1, 0.15) is 38.1 Å². The highest BCUT2D eigenvalue weighted by Crippen LogP contribution is 2.38. The Morgan fingerprint density at radius 2 is 1.73 bits per heavy atom. The highest BCUT2D eigenvalue weighted by Gasteiger charge is 2.42. The maximum Gasteiger partial charge on any atom is 0.306 e. The Hall–Kier alpha value is -1.84. The van der Waals surface area contributed by atoms with Crippen molar-refractivity contribution in [1.82, 2.24) is 4.90 Å². The third kappa shape index (κ3) is 5.58. The molecule has 0 aliphatic rings. The number of hydrogen-bond acceptors (Lipinski definition) is 3. The lowest BCUT2D eigenvalue weighted by atomic mass is 9.77. The molecule has 0 unspecified atom stereocenters. The molecule has 2 atom stereocenters. The van der Waals surface area contributed by atoms with Crippen LogP contribution in [0.15, 0.2) is 60.7 Å². The van der Waals surface area contributed by atoms with Crippen LogP contribution in [-0.2, 0) is 21.6 Å². The molecule has 0 aliphatic carbocycles. The van der Waals surface area contributed by atoms with Crippen LogP contribution in [-0.4, -0.2) is 31.5 Å². The number of benzene rings is 2. The molecule has 0 bridgehead atoms. The molecule has 0 spiro atoms. The third-order valence-corrected chi connectivity index (χ3v) is 4.38. The lowest BCUT2D eigenvalue weighted by molar-refractivity contribution is -0.168. The smallest absolute Gasteiger partial charge is 0.306 e. The molecular weight excluding hydrogens is 346 g/mol. The van der Waals surface area contributed by atoms with E-state index >= 15 is 0 Å². The van der Waals surface area contributed by atoms with Crippen LogP contribution in [0.3, 0.4) is 0 Å². The first-order valence-corrected chi connectivity index (χ1v) is 8.38. The first-order valence-electron chi connectivity index (χ1n) is 10.9. The van der Waals surface area contributed by atoms with Crippen LogP contribution in [0.2, 0.25) is 0 Å². The normalized spacial score (nSPS) is 18.1. The second-order valence-corrected chi connectivity index (χ2v) is 6.60. The molecule has 4 heteroatoms. The first kappa shape index (κ1) is 15.2. The van der Waals surface area contributed by atoms with Crippen molar-refractivity contribution < 1.29 is 16.4 Å². The Morgan fingerprint density at radius 3 is 2.27 bits per heavy atom. The van der Waals surface area contributed by atoms with Crippen molar-refractivity contribution in [2.75, 3.05) is 20.6 Å². The number of halogens is 1. The molecular formula is C22H30ClNO2. The summed E-state index contributed by atoms with van der Waals surface area (Å²) in [5, 5.41) is 0. The average Bonchev–Trinajstić information content (AvgIpc) is 2.67. The van der Waals surface area contributed by atoms with E-state index in [1.165, 1.54) is 0 Å². The molecule has 2 rings (SSSR count). The van der Waals surface area contributed by atoms with Crippen LogP contribution in [0, 0.1) is 5.92 Å². The minimum atomic E-state index is -3.13. The number of rotatable bonds is 8. The van der Waals surface area contributed by atoms with Crippen molar-refractivity contribution in [2.24, 2.45) is 5.92 Å². The Morgan fingerprint density at radius 1 is 1.15 bits per heavy atom. The van der Waals surface area contributed by atoms with Crippen LogP contribution >= 0.6 is 12.4 Å². The molecule has 142 valence electrons. The van der Waals surface area contributed by atoms with Crippen LogP contribution < -0.4 is 0 Å². The summed E-state index contributed by atoms with van der Waals surface area (Å²) in [5.74, 6) is -1.64. The van der Waals surface area contributed by atoms with Gasteiger partial charge in [-0.25, -0.2) is 0 Å². The zero-order valence-corrected chi connectivity index (χ0v) is 16.3. The topological polar surface area (TPSA) is 29.5 Å². The third-order valence-electron chi connectivity index (χ3n) is 4.38. The van der Waals surface area contributed by atoms with Crippen LogP contribution in [0.4, 0.5) is 0 Å². The number of nitrogens with zero attached hydrogens (tertiary/aromatic N) is 1. The number of ether oxygens (including phenoxy) is 1. The van der Waals surface area contributed by atoms with Gasteiger partial charge in [-0.2, -0.15) is 0 Å². The van der Waals surface area contributed by atoms with Gasteiger partial charge in [0.15, 0.2) is 0 Å². The largest absolute Gasteiger partial charge is 0.453 e. The molecule has 0 radical (unpaired) electrons.